The number of benzene rings is 2. The zero-order chi connectivity index (χ0) is 22.1. The first-order chi connectivity index (χ1) is 14.9. The summed E-state index contributed by atoms with van der Waals surface area (Å²) in [6.07, 6.45) is 1.71. The molecule has 6 heteroatoms. The monoisotopic (exact) mass is 420 g/mol. The van der Waals surface area contributed by atoms with Crippen molar-refractivity contribution in [2.45, 2.75) is 45.8 Å². The molecule has 5 nitrogen and oxygen atoms in total. The number of carbonyl (C=O) groups is 1. The van der Waals surface area contributed by atoms with Gasteiger partial charge in [0.15, 0.2) is 11.6 Å². The molecule has 1 aliphatic rings. The van der Waals surface area contributed by atoms with Crippen LogP contribution in [0.4, 0.5) is 4.39 Å². The van der Waals surface area contributed by atoms with Crippen molar-refractivity contribution in [2.24, 2.45) is 5.92 Å². The van der Waals surface area contributed by atoms with Crippen LogP contribution in [0.15, 0.2) is 36.4 Å². The minimum atomic E-state index is -0.394. The number of para-hydroxylation sites is 1. The number of halogens is 1. The second-order valence-electron chi connectivity index (χ2n) is 8.30. The van der Waals surface area contributed by atoms with E-state index in [0.29, 0.717) is 18.5 Å². The second-order valence-corrected chi connectivity index (χ2v) is 8.30. The largest absolute Gasteiger partial charge is 0.493 e. The Balaban J connectivity index is 1.74. The molecule has 0 unspecified atom stereocenters. The van der Waals surface area contributed by atoms with Crippen molar-refractivity contribution in [3.05, 3.63) is 64.6 Å². The van der Waals surface area contributed by atoms with Gasteiger partial charge in [0.2, 0.25) is 0 Å². The maximum absolute atomic E-state index is 14.3. The van der Waals surface area contributed by atoms with E-state index >= 15 is 0 Å². The van der Waals surface area contributed by atoms with Gasteiger partial charge in [-0.1, -0.05) is 12.1 Å². The first kappa shape index (κ1) is 20.9. The molecule has 0 fully saturated rings. The molecule has 3 aromatic rings. The van der Waals surface area contributed by atoms with Crippen LogP contribution >= 0.6 is 0 Å². The summed E-state index contributed by atoms with van der Waals surface area (Å²) in [4.78, 5) is 12.2. The van der Waals surface area contributed by atoms with E-state index in [0.717, 1.165) is 40.6 Å². The summed E-state index contributed by atoms with van der Waals surface area (Å²) in [5.74, 6) is -0.200. The van der Waals surface area contributed by atoms with E-state index in [9.17, 15) is 14.4 Å². The quantitative estimate of drug-likeness (QED) is 0.539. The zero-order valence-corrected chi connectivity index (χ0v) is 17.9. The molecule has 31 heavy (non-hydrogen) atoms. The van der Waals surface area contributed by atoms with Crippen LogP contribution in [0.5, 0.6) is 5.75 Å². The first-order valence-electron chi connectivity index (χ1n) is 10.5. The summed E-state index contributed by atoms with van der Waals surface area (Å²) >= 11 is 0. The summed E-state index contributed by atoms with van der Waals surface area (Å²) < 4.78 is 27.1. The predicted octanol–water partition coefficient (Wildman–Crippen LogP) is 4.77. The van der Waals surface area contributed by atoms with Crippen molar-refractivity contribution in [3.8, 4) is 11.8 Å². The molecule has 1 heterocycles. The maximum atomic E-state index is 14.3. The van der Waals surface area contributed by atoms with Gasteiger partial charge in [0.1, 0.15) is 0 Å². The van der Waals surface area contributed by atoms with Crippen LogP contribution in [0.1, 0.15) is 42.7 Å². The second kappa shape index (κ2) is 8.43. The van der Waals surface area contributed by atoms with E-state index < -0.39 is 5.82 Å². The van der Waals surface area contributed by atoms with Gasteiger partial charge >= 0.3 is 5.97 Å². The smallest absolute Gasteiger partial charge is 0.306 e. The van der Waals surface area contributed by atoms with Crippen LogP contribution in [0.3, 0.4) is 0 Å². The Labute approximate surface area is 181 Å². The van der Waals surface area contributed by atoms with Crippen LogP contribution in [0, 0.1) is 23.1 Å². The van der Waals surface area contributed by atoms with E-state index in [4.69, 9.17) is 9.47 Å². The summed E-state index contributed by atoms with van der Waals surface area (Å²) in [6, 6.07) is 12.8. The Morgan fingerprint density at radius 2 is 2.10 bits per heavy atom. The zero-order valence-electron chi connectivity index (χ0n) is 17.9. The van der Waals surface area contributed by atoms with Gasteiger partial charge in [0.05, 0.1) is 31.4 Å². The Hall–Kier alpha value is -3.33. The van der Waals surface area contributed by atoms with Crippen molar-refractivity contribution >= 4 is 16.9 Å². The molecule has 0 saturated carbocycles. The topological polar surface area (TPSA) is 64.2 Å². The fourth-order valence-corrected chi connectivity index (χ4v) is 4.59. The lowest BCUT2D eigenvalue weighted by Gasteiger charge is -2.15. The van der Waals surface area contributed by atoms with E-state index in [1.54, 1.807) is 12.1 Å². The lowest BCUT2D eigenvalue weighted by atomic mass is 10.0. The standard InChI is InChI=1S/C25H25FN2O3/c1-15(2)31-24(29)12-17-10-20-19-9-16(13-27)7-8-22(19)28(23(20)11-17)14-18-5-4-6-21(26)25(18)30-3/h4-9,15,17H,10-12,14H2,1-3H3/t17-/m0/s1. The van der Waals surface area contributed by atoms with Gasteiger partial charge in [0.25, 0.3) is 0 Å². The molecule has 1 atom stereocenters. The molecule has 0 N–H and O–H groups in total. The number of ether oxygens (including phenoxy) is 2. The van der Waals surface area contributed by atoms with Crippen LogP contribution < -0.4 is 4.74 Å². The number of aromatic nitrogens is 1. The molecule has 0 saturated heterocycles. The van der Waals surface area contributed by atoms with E-state index in [1.165, 1.54) is 13.2 Å². The Morgan fingerprint density at radius 3 is 2.81 bits per heavy atom. The van der Waals surface area contributed by atoms with Crippen LogP contribution in [0.2, 0.25) is 0 Å². The number of hydrogen-bond acceptors (Lipinski definition) is 4. The molecule has 2 aromatic carbocycles. The Bertz CT molecular complexity index is 1190. The Morgan fingerprint density at radius 1 is 1.29 bits per heavy atom. The van der Waals surface area contributed by atoms with Gasteiger partial charge in [-0.15, -0.1) is 0 Å². The van der Waals surface area contributed by atoms with Crippen LogP contribution in [-0.4, -0.2) is 23.8 Å². The number of fused-ring (bicyclic) bond motifs is 3. The maximum Gasteiger partial charge on any atom is 0.306 e. The molecule has 0 bridgehead atoms. The summed E-state index contributed by atoms with van der Waals surface area (Å²) in [7, 11) is 1.47. The molecule has 0 spiro atoms. The molecule has 1 aliphatic carbocycles. The summed E-state index contributed by atoms with van der Waals surface area (Å²) in [5.41, 5.74) is 4.62. The fourth-order valence-electron chi connectivity index (χ4n) is 4.59. The average Bonchev–Trinajstić information content (AvgIpc) is 3.25. The van der Waals surface area contributed by atoms with Crippen molar-refractivity contribution in [3.63, 3.8) is 0 Å². The van der Waals surface area contributed by atoms with Gasteiger partial charge in [-0.05, 0) is 62.4 Å². The van der Waals surface area contributed by atoms with Gasteiger partial charge in [-0.3, -0.25) is 4.79 Å². The van der Waals surface area contributed by atoms with Crippen LogP contribution in [0.25, 0.3) is 10.9 Å². The van der Waals surface area contributed by atoms with E-state index in [1.807, 2.05) is 32.0 Å². The molecule has 0 aliphatic heterocycles. The molecular formula is C25H25FN2O3. The highest BCUT2D eigenvalue weighted by molar-refractivity contribution is 5.88. The minimum Gasteiger partial charge on any atom is -0.493 e. The normalized spacial score (nSPS) is 15.2. The first-order valence-corrected chi connectivity index (χ1v) is 10.5. The lowest BCUT2D eigenvalue weighted by Crippen LogP contribution is -2.16. The highest BCUT2D eigenvalue weighted by Crippen LogP contribution is 2.38. The predicted molar refractivity (Wildman–Crippen MR) is 115 cm³/mol. The molecule has 160 valence electrons. The average molecular weight is 420 g/mol. The molecule has 0 radical (unpaired) electrons. The third-order valence-corrected chi connectivity index (χ3v) is 5.79. The Kier molecular flexibility index (Phi) is 5.69. The van der Waals surface area contributed by atoms with E-state index in [-0.39, 0.29) is 23.7 Å². The van der Waals surface area contributed by atoms with E-state index in [2.05, 4.69) is 10.6 Å². The molecular weight excluding hydrogens is 395 g/mol. The number of carbonyl (C=O) groups excluding carboxylic acids is 1. The van der Waals surface area contributed by atoms with Crippen molar-refractivity contribution in [1.29, 1.82) is 5.26 Å². The number of methoxy groups -OCH3 is 1. The van der Waals surface area contributed by atoms with Crippen LogP contribution in [-0.2, 0) is 28.9 Å². The highest BCUT2D eigenvalue weighted by atomic mass is 19.1. The molecule has 4 rings (SSSR count). The number of nitriles is 1. The van der Waals surface area contributed by atoms with Crippen molar-refractivity contribution < 1.29 is 18.7 Å². The van der Waals surface area contributed by atoms with Crippen molar-refractivity contribution in [1.82, 2.24) is 4.57 Å². The number of esters is 1. The summed E-state index contributed by atoms with van der Waals surface area (Å²) in [6.45, 7) is 4.14. The van der Waals surface area contributed by atoms with Gasteiger partial charge in [0, 0.05) is 28.6 Å². The SMILES string of the molecule is COc1c(F)cccc1Cn1c2c(c3cc(C#N)ccc31)C[C@H](CC(=O)OC(C)C)C2. The van der Waals surface area contributed by atoms with Crippen molar-refractivity contribution in [2.75, 3.05) is 7.11 Å². The summed E-state index contributed by atoms with van der Waals surface area (Å²) in [5, 5.41) is 10.4. The minimum absolute atomic E-state index is 0.135. The third-order valence-electron chi connectivity index (χ3n) is 5.79. The third kappa shape index (κ3) is 4.00. The van der Waals surface area contributed by atoms with Gasteiger partial charge in [-0.25, -0.2) is 4.39 Å². The molecule has 0 amide bonds. The molecule has 1 aromatic heterocycles. The van der Waals surface area contributed by atoms with Gasteiger partial charge < -0.3 is 14.0 Å². The highest BCUT2D eigenvalue weighted by Gasteiger charge is 2.31. The number of nitrogens with zero attached hydrogens (tertiary/aromatic N) is 2. The number of hydrogen-bond donors (Lipinski definition) is 0. The van der Waals surface area contributed by atoms with Gasteiger partial charge in [-0.2, -0.15) is 5.26 Å². The lowest BCUT2D eigenvalue weighted by molar-refractivity contribution is -0.148. The fraction of sp³-hybridized carbons (Fsp3) is 0.360. The number of rotatable bonds is 6.